The number of sulfone groups is 1. The summed E-state index contributed by atoms with van der Waals surface area (Å²) in [6.45, 7) is 5.86. The Morgan fingerprint density at radius 1 is 1.09 bits per heavy atom. The molecule has 1 atom stereocenters. The molecule has 0 spiro atoms. The molecule has 0 radical (unpaired) electrons. The van der Waals surface area contributed by atoms with Crippen molar-refractivity contribution in [2.24, 2.45) is 0 Å². The number of hydrogen-bond acceptors (Lipinski definition) is 6. The second-order valence-corrected chi connectivity index (χ2v) is 9.40. The molecule has 2 amide bonds. The van der Waals surface area contributed by atoms with Crippen molar-refractivity contribution >= 4 is 21.8 Å². The average Bonchev–Trinajstić information content (AvgIpc) is 2.75. The summed E-state index contributed by atoms with van der Waals surface area (Å²) in [5.41, 5.74) is 1.98. The molecule has 3 rings (SSSR count). The van der Waals surface area contributed by atoms with Crippen molar-refractivity contribution in [1.82, 2.24) is 10.6 Å². The molecule has 9 heteroatoms. The van der Waals surface area contributed by atoms with Gasteiger partial charge in [-0.1, -0.05) is 24.3 Å². The zero-order chi connectivity index (χ0) is 23.5. The van der Waals surface area contributed by atoms with Crippen molar-refractivity contribution in [2.75, 3.05) is 19.5 Å². The first kappa shape index (κ1) is 23.3. The summed E-state index contributed by atoms with van der Waals surface area (Å²) in [4.78, 5) is 25.2. The zero-order valence-electron chi connectivity index (χ0n) is 18.4. The van der Waals surface area contributed by atoms with Crippen molar-refractivity contribution in [3.63, 3.8) is 0 Å². The van der Waals surface area contributed by atoms with Gasteiger partial charge in [-0.2, -0.15) is 0 Å². The number of benzene rings is 2. The SMILES string of the molecule is CCOc1ccc([C@H]2NC(=O)NC(CS(=O)(=O)c3cc(C)ccc3C)=C2C(=O)OC)cc1. The highest BCUT2D eigenvalue weighted by atomic mass is 32.2. The number of carbonyl (C=O) groups is 2. The summed E-state index contributed by atoms with van der Waals surface area (Å²) in [5.74, 6) is -0.650. The van der Waals surface area contributed by atoms with Crippen LogP contribution in [0.2, 0.25) is 0 Å². The van der Waals surface area contributed by atoms with Crippen LogP contribution in [0.5, 0.6) is 5.75 Å². The summed E-state index contributed by atoms with van der Waals surface area (Å²) in [7, 11) is -2.65. The first-order chi connectivity index (χ1) is 15.2. The number of hydrogen-bond donors (Lipinski definition) is 2. The first-order valence-corrected chi connectivity index (χ1v) is 11.7. The lowest BCUT2D eigenvalue weighted by Crippen LogP contribution is -2.47. The highest BCUT2D eigenvalue weighted by Crippen LogP contribution is 2.30. The van der Waals surface area contributed by atoms with Crippen LogP contribution >= 0.6 is 0 Å². The lowest BCUT2D eigenvalue weighted by molar-refractivity contribution is -0.136. The summed E-state index contributed by atoms with van der Waals surface area (Å²) < 4.78 is 36.8. The van der Waals surface area contributed by atoms with E-state index in [-0.39, 0.29) is 16.2 Å². The number of carbonyl (C=O) groups excluding carboxylic acids is 2. The van der Waals surface area contributed by atoms with E-state index >= 15 is 0 Å². The van der Waals surface area contributed by atoms with Gasteiger partial charge in [0.25, 0.3) is 0 Å². The molecule has 1 aliphatic rings. The van der Waals surface area contributed by atoms with Gasteiger partial charge >= 0.3 is 12.0 Å². The van der Waals surface area contributed by atoms with Gasteiger partial charge in [0.05, 0.1) is 36.0 Å². The van der Waals surface area contributed by atoms with Gasteiger partial charge in [0.15, 0.2) is 9.84 Å². The van der Waals surface area contributed by atoms with Crippen LogP contribution < -0.4 is 15.4 Å². The highest BCUT2D eigenvalue weighted by Gasteiger charge is 2.35. The molecule has 2 aromatic carbocycles. The van der Waals surface area contributed by atoms with Crippen molar-refractivity contribution in [3.05, 3.63) is 70.4 Å². The monoisotopic (exact) mass is 458 g/mol. The normalized spacial score (nSPS) is 16.2. The molecule has 8 nitrogen and oxygen atoms in total. The fourth-order valence-corrected chi connectivity index (χ4v) is 5.25. The van der Waals surface area contributed by atoms with Gasteiger partial charge in [-0.15, -0.1) is 0 Å². The third kappa shape index (κ3) is 4.94. The van der Waals surface area contributed by atoms with E-state index in [0.29, 0.717) is 23.5 Å². The Morgan fingerprint density at radius 2 is 1.78 bits per heavy atom. The van der Waals surface area contributed by atoms with Crippen LogP contribution in [0.25, 0.3) is 0 Å². The topological polar surface area (TPSA) is 111 Å². The van der Waals surface area contributed by atoms with E-state index in [2.05, 4.69) is 10.6 Å². The molecule has 2 N–H and O–H groups in total. The molecule has 0 unspecified atom stereocenters. The Balaban J connectivity index is 2.08. The molecule has 0 saturated carbocycles. The Hall–Kier alpha value is -3.33. The zero-order valence-corrected chi connectivity index (χ0v) is 19.2. The third-order valence-electron chi connectivity index (χ3n) is 5.10. The fraction of sp³-hybridized carbons (Fsp3) is 0.304. The first-order valence-electron chi connectivity index (χ1n) is 10.1. The van der Waals surface area contributed by atoms with Crippen molar-refractivity contribution < 1.29 is 27.5 Å². The van der Waals surface area contributed by atoms with Crippen LogP contribution in [0.1, 0.15) is 29.7 Å². The summed E-state index contributed by atoms with van der Waals surface area (Å²) >= 11 is 0. The molecule has 1 heterocycles. The molecule has 0 bridgehead atoms. The Morgan fingerprint density at radius 3 is 2.41 bits per heavy atom. The maximum atomic E-state index is 13.2. The summed E-state index contributed by atoms with van der Waals surface area (Å²) in [5, 5.41) is 5.18. The summed E-state index contributed by atoms with van der Waals surface area (Å²) in [6.07, 6.45) is 0. The smallest absolute Gasteiger partial charge is 0.338 e. The standard InChI is InChI=1S/C23H26N2O6S/c1-5-31-17-10-8-16(9-11-17)21-20(22(26)30-4)18(24-23(27)25-21)13-32(28,29)19-12-14(2)6-7-15(19)3/h6-12,21H,5,13H2,1-4H3,(H2,24,25,27)/t21-/m1/s1. The fourth-order valence-electron chi connectivity index (χ4n) is 3.57. The third-order valence-corrected chi connectivity index (χ3v) is 6.88. The van der Waals surface area contributed by atoms with E-state index in [1.807, 2.05) is 13.0 Å². The van der Waals surface area contributed by atoms with Crippen LogP contribution in [-0.2, 0) is 19.4 Å². The van der Waals surface area contributed by atoms with Crippen LogP contribution in [0.4, 0.5) is 4.79 Å². The van der Waals surface area contributed by atoms with Gasteiger partial charge in [0, 0.05) is 5.70 Å². The van der Waals surface area contributed by atoms with E-state index in [9.17, 15) is 18.0 Å². The second kappa shape index (κ2) is 9.44. The minimum Gasteiger partial charge on any atom is -0.494 e. The number of nitrogens with one attached hydrogen (secondary N) is 2. The summed E-state index contributed by atoms with van der Waals surface area (Å²) in [6, 6.07) is 10.5. The van der Waals surface area contributed by atoms with Gasteiger partial charge in [0.2, 0.25) is 0 Å². The molecular formula is C23H26N2O6S. The highest BCUT2D eigenvalue weighted by molar-refractivity contribution is 7.91. The predicted molar refractivity (Wildman–Crippen MR) is 119 cm³/mol. The van der Waals surface area contributed by atoms with Crippen LogP contribution in [0, 0.1) is 13.8 Å². The Labute approximate surface area is 187 Å². The largest absolute Gasteiger partial charge is 0.494 e. The van der Waals surface area contributed by atoms with Gasteiger partial charge in [0.1, 0.15) is 5.75 Å². The van der Waals surface area contributed by atoms with E-state index < -0.39 is 33.6 Å². The lowest BCUT2D eigenvalue weighted by atomic mass is 9.95. The minimum absolute atomic E-state index is 0.0135. The maximum absolute atomic E-state index is 13.2. The van der Waals surface area contributed by atoms with E-state index in [1.165, 1.54) is 7.11 Å². The van der Waals surface area contributed by atoms with Gasteiger partial charge < -0.3 is 20.1 Å². The molecular weight excluding hydrogens is 432 g/mol. The van der Waals surface area contributed by atoms with Gasteiger partial charge in [-0.3, -0.25) is 0 Å². The molecule has 32 heavy (non-hydrogen) atoms. The number of aryl methyl sites for hydroxylation is 2. The molecule has 2 aromatic rings. The van der Waals surface area contributed by atoms with Crippen molar-refractivity contribution in [1.29, 1.82) is 0 Å². The van der Waals surface area contributed by atoms with E-state index in [0.717, 1.165) is 5.56 Å². The van der Waals surface area contributed by atoms with Crippen molar-refractivity contribution in [3.8, 4) is 5.75 Å². The molecule has 0 fully saturated rings. The number of rotatable bonds is 7. The van der Waals surface area contributed by atoms with Gasteiger partial charge in [-0.25, -0.2) is 18.0 Å². The molecule has 170 valence electrons. The van der Waals surface area contributed by atoms with Crippen LogP contribution in [-0.4, -0.2) is 39.9 Å². The predicted octanol–water partition coefficient (Wildman–Crippen LogP) is 2.96. The molecule has 0 saturated heterocycles. The van der Waals surface area contributed by atoms with Crippen LogP contribution in [0.3, 0.4) is 0 Å². The molecule has 0 aromatic heterocycles. The number of methoxy groups -OCH3 is 1. The van der Waals surface area contributed by atoms with Crippen molar-refractivity contribution in [2.45, 2.75) is 31.7 Å². The number of amides is 2. The Kier molecular flexibility index (Phi) is 6.88. The molecule has 1 aliphatic heterocycles. The minimum atomic E-state index is -3.86. The van der Waals surface area contributed by atoms with Crippen LogP contribution in [0.15, 0.2) is 58.6 Å². The van der Waals surface area contributed by atoms with Gasteiger partial charge in [-0.05, 0) is 55.7 Å². The maximum Gasteiger partial charge on any atom is 0.338 e. The average molecular weight is 459 g/mol. The number of urea groups is 1. The lowest BCUT2D eigenvalue weighted by Gasteiger charge is -2.29. The van der Waals surface area contributed by atoms with E-state index in [1.54, 1.807) is 50.2 Å². The second-order valence-electron chi connectivity index (χ2n) is 7.45. The van der Waals surface area contributed by atoms with E-state index in [4.69, 9.17) is 9.47 Å². The number of esters is 1. The molecule has 0 aliphatic carbocycles. The quantitative estimate of drug-likeness (QED) is 0.617. The number of ether oxygens (including phenoxy) is 2. The Bertz CT molecular complexity index is 1170.